The summed E-state index contributed by atoms with van der Waals surface area (Å²) in [6, 6.07) is 0. The number of esters is 4. The third kappa shape index (κ3) is 3.64. The highest BCUT2D eigenvalue weighted by Crippen LogP contribution is 2.75. The molecule has 0 amide bonds. The van der Waals surface area contributed by atoms with Crippen LogP contribution in [0.4, 0.5) is 0 Å². The number of ether oxygens (including phenoxy) is 5. The molecule has 0 aromatic carbocycles. The molecule has 4 saturated carbocycles. The summed E-state index contributed by atoms with van der Waals surface area (Å²) in [5, 5.41) is 24.7. The smallest absolute Gasteiger partial charge is 0.356 e. The van der Waals surface area contributed by atoms with Gasteiger partial charge in [-0.15, -0.1) is 0 Å². The second-order valence-corrected chi connectivity index (χ2v) is 15.7. The first-order valence-corrected chi connectivity index (χ1v) is 16.4. The largest absolute Gasteiger partial charge is 0.462 e. The normalized spacial score (nSPS) is 54.4. The molecule has 0 radical (unpaired) electrons. The zero-order valence-corrected chi connectivity index (χ0v) is 27.5. The van der Waals surface area contributed by atoms with Crippen LogP contribution in [-0.2, 0) is 47.7 Å². The molecule has 252 valence electrons. The van der Waals surface area contributed by atoms with Gasteiger partial charge in [-0.2, -0.15) is 0 Å². The number of allylic oxidation sites excluding steroid dienone is 1. The minimum Gasteiger partial charge on any atom is -0.462 e. The van der Waals surface area contributed by atoms with E-state index in [1.54, 1.807) is 6.92 Å². The maximum absolute atomic E-state index is 14.2. The number of hydrogen-bond donors (Lipinski definition) is 2. The molecule has 7 aliphatic rings. The Kier molecular flexibility index (Phi) is 6.64. The van der Waals surface area contributed by atoms with Crippen LogP contribution in [0, 0.1) is 57.7 Å². The van der Waals surface area contributed by atoms with Crippen LogP contribution >= 0.6 is 0 Å². The van der Waals surface area contributed by atoms with Gasteiger partial charge in [0.05, 0.1) is 17.6 Å². The molecule has 0 spiro atoms. The van der Waals surface area contributed by atoms with E-state index in [9.17, 15) is 34.2 Å². The van der Waals surface area contributed by atoms with Crippen molar-refractivity contribution in [3.8, 4) is 0 Å². The predicted molar refractivity (Wildman–Crippen MR) is 155 cm³/mol. The van der Waals surface area contributed by atoms with Gasteiger partial charge in [0, 0.05) is 55.3 Å². The Morgan fingerprint density at radius 2 is 1.54 bits per heavy atom. The van der Waals surface area contributed by atoms with Crippen LogP contribution in [0.1, 0.15) is 68.2 Å². The number of carbonyl (C=O) groups is 5. The number of carbonyl (C=O) groups excluding carboxylic acids is 5. The van der Waals surface area contributed by atoms with Gasteiger partial charge in [0.1, 0.15) is 30.2 Å². The summed E-state index contributed by atoms with van der Waals surface area (Å²) < 4.78 is 29.5. The lowest BCUT2D eigenvalue weighted by Gasteiger charge is -2.63. The molecular formula is C34H44O12. The molecule has 0 aromatic rings. The molecule has 2 aliphatic heterocycles. The first kappa shape index (κ1) is 31.8. The van der Waals surface area contributed by atoms with E-state index in [-0.39, 0.29) is 24.2 Å². The SMILES string of the molecule is CC(=O)O[C@H]1C[C@H]2[C@H]([C@@H]3[C@@H](O)[C@@H]4[C@H]([C@H](C)C=C5OC(=O)[C@@](C)(OC(C)=O)[C@@]54C)[C@]31C)[C@@H](O)C(=O)[C@H]1C[C@@H]3O[C@@H]3[C@H](OC(C)=O)[C@@]12C. The molecular weight excluding hydrogens is 600 g/mol. The van der Waals surface area contributed by atoms with Crippen LogP contribution in [0.3, 0.4) is 0 Å². The molecule has 0 bridgehead atoms. The number of aliphatic hydroxyl groups excluding tert-OH is 2. The topological polar surface area (TPSA) is 175 Å². The summed E-state index contributed by atoms with van der Waals surface area (Å²) in [7, 11) is 0. The fraction of sp³-hybridized carbons (Fsp3) is 0.794. The molecule has 5 aliphatic carbocycles. The Bertz CT molecular complexity index is 1470. The molecule has 2 saturated heterocycles. The van der Waals surface area contributed by atoms with Gasteiger partial charge in [0.15, 0.2) is 5.78 Å². The van der Waals surface area contributed by atoms with E-state index in [0.29, 0.717) is 12.2 Å². The van der Waals surface area contributed by atoms with Crippen molar-refractivity contribution in [1.82, 2.24) is 0 Å². The molecule has 2 N–H and O–H groups in total. The molecule has 12 nitrogen and oxygen atoms in total. The van der Waals surface area contributed by atoms with Crippen LogP contribution in [0.5, 0.6) is 0 Å². The molecule has 6 fully saturated rings. The average Bonchev–Trinajstić information content (AvgIpc) is 3.64. The van der Waals surface area contributed by atoms with Gasteiger partial charge in [-0.3, -0.25) is 19.2 Å². The van der Waals surface area contributed by atoms with E-state index < -0.39 is 112 Å². The fourth-order valence-electron chi connectivity index (χ4n) is 12.0. The number of Topliss-reactive ketones (excluding diaryl/α,β-unsaturated/α-hetero) is 1. The summed E-state index contributed by atoms with van der Waals surface area (Å²) in [5.74, 6) is -6.88. The third-order valence-corrected chi connectivity index (χ3v) is 13.8. The van der Waals surface area contributed by atoms with Crippen molar-refractivity contribution >= 4 is 29.7 Å². The predicted octanol–water partition coefficient (Wildman–Crippen LogP) is 1.87. The number of hydrogen-bond acceptors (Lipinski definition) is 12. The van der Waals surface area contributed by atoms with Gasteiger partial charge in [-0.1, -0.05) is 20.8 Å². The summed E-state index contributed by atoms with van der Waals surface area (Å²) in [4.78, 5) is 65.2. The Balaban J connectivity index is 1.42. The lowest BCUT2D eigenvalue weighted by molar-refractivity contribution is -0.233. The van der Waals surface area contributed by atoms with Crippen molar-refractivity contribution < 1.29 is 57.9 Å². The first-order chi connectivity index (χ1) is 21.3. The van der Waals surface area contributed by atoms with E-state index in [0.717, 1.165) is 0 Å². The standard InChI is InChI=1S/C34H44O12/c1-12-9-20-33(7,34(8,30(41)45-20)46-15(4)37)24-22(12)32(6)19(42-13(2)35)11-16-21(23(32)27(24)40)26(39)25(38)17-10-18-28(44-18)29(31(16,17)5)43-14(3)36/h9,12,16-19,21-24,26-29,39-40H,10-11H2,1-8H3/t12-,16+,17-,18+,19+,21-,22+,23-,24+,26-,27-,28+,29+,31-,32-,33+,34-/m1/s1. The van der Waals surface area contributed by atoms with Crippen LogP contribution in [0.15, 0.2) is 11.8 Å². The summed E-state index contributed by atoms with van der Waals surface area (Å²) in [6.45, 7) is 12.9. The molecule has 7 rings (SSSR count). The number of fused-ring (bicyclic) bond motifs is 10. The van der Waals surface area contributed by atoms with Gasteiger partial charge in [-0.05, 0) is 50.5 Å². The molecule has 12 heteroatoms. The number of aliphatic hydroxyl groups is 2. The maximum Gasteiger partial charge on any atom is 0.356 e. The quantitative estimate of drug-likeness (QED) is 0.260. The van der Waals surface area contributed by atoms with Crippen LogP contribution < -0.4 is 0 Å². The Morgan fingerprint density at radius 1 is 0.891 bits per heavy atom. The molecule has 0 unspecified atom stereocenters. The van der Waals surface area contributed by atoms with E-state index >= 15 is 0 Å². The van der Waals surface area contributed by atoms with Gasteiger partial charge < -0.3 is 33.9 Å². The molecule has 2 heterocycles. The van der Waals surface area contributed by atoms with Crippen molar-refractivity contribution in [3.05, 3.63) is 11.8 Å². The Hall–Kier alpha value is -2.83. The first-order valence-electron chi connectivity index (χ1n) is 16.4. The molecule has 17 atom stereocenters. The highest BCUT2D eigenvalue weighted by atomic mass is 16.6. The lowest BCUT2D eigenvalue weighted by atomic mass is 9.42. The third-order valence-electron chi connectivity index (χ3n) is 13.8. The monoisotopic (exact) mass is 644 g/mol. The van der Waals surface area contributed by atoms with Crippen LogP contribution in [0.25, 0.3) is 0 Å². The van der Waals surface area contributed by atoms with Crippen molar-refractivity contribution in [2.75, 3.05) is 0 Å². The zero-order chi connectivity index (χ0) is 33.6. The second-order valence-electron chi connectivity index (χ2n) is 15.7. The molecule has 0 aromatic heterocycles. The van der Waals surface area contributed by atoms with Crippen LogP contribution in [0.2, 0.25) is 0 Å². The van der Waals surface area contributed by atoms with E-state index in [1.165, 1.54) is 27.7 Å². The summed E-state index contributed by atoms with van der Waals surface area (Å²) in [6.07, 6.45) is -2.47. The van der Waals surface area contributed by atoms with Crippen molar-refractivity contribution in [3.63, 3.8) is 0 Å². The highest BCUT2D eigenvalue weighted by Gasteiger charge is 2.81. The van der Waals surface area contributed by atoms with Gasteiger partial charge >= 0.3 is 23.9 Å². The van der Waals surface area contributed by atoms with Gasteiger partial charge in [-0.25, -0.2) is 4.79 Å². The number of rotatable bonds is 3. The number of epoxide rings is 1. The second kappa shape index (κ2) is 9.63. The zero-order valence-electron chi connectivity index (χ0n) is 27.5. The van der Waals surface area contributed by atoms with Crippen LogP contribution in [-0.4, -0.2) is 82.1 Å². The summed E-state index contributed by atoms with van der Waals surface area (Å²) >= 11 is 0. The van der Waals surface area contributed by atoms with E-state index in [4.69, 9.17) is 23.7 Å². The van der Waals surface area contributed by atoms with E-state index in [2.05, 4.69) is 0 Å². The minimum absolute atomic E-state index is 0.246. The van der Waals surface area contributed by atoms with Crippen molar-refractivity contribution in [2.24, 2.45) is 57.7 Å². The Labute approximate surface area is 267 Å². The number of ketones is 1. The lowest BCUT2D eigenvalue weighted by Crippen LogP contribution is -2.70. The average molecular weight is 645 g/mol. The fourth-order valence-corrected chi connectivity index (χ4v) is 12.0. The van der Waals surface area contributed by atoms with Crippen molar-refractivity contribution in [1.29, 1.82) is 0 Å². The van der Waals surface area contributed by atoms with Gasteiger partial charge in [0.2, 0.25) is 5.60 Å². The highest BCUT2D eigenvalue weighted by molar-refractivity contribution is 5.89. The molecule has 46 heavy (non-hydrogen) atoms. The summed E-state index contributed by atoms with van der Waals surface area (Å²) in [5.41, 5.74) is -5.09. The van der Waals surface area contributed by atoms with Gasteiger partial charge in [0.25, 0.3) is 0 Å². The maximum atomic E-state index is 14.2. The minimum atomic E-state index is -1.78. The Morgan fingerprint density at radius 3 is 2.15 bits per heavy atom. The van der Waals surface area contributed by atoms with Crippen molar-refractivity contribution in [2.45, 2.75) is 110 Å². The van der Waals surface area contributed by atoms with E-state index in [1.807, 2.05) is 26.8 Å².